The van der Waals surface area contributed by atoms with E-state index < -0.39 is 11.9 Å². The van der Waals surface area contributed by atoms with Gasteiger partial charge in [-0.05, 0) is 0 Å². The third-order valence-corrected chi connectivity index (χ3v) is 7.70. The van der Waals surface area contributed by atoms with Gasteiger partial charge >= 0.3 is 5.97 Å². The summed E-state index contributed by atoms with van der Waals surface area (Å²) in [5, 5.41) is 15.7. The van der Waals surface area contributed by atoms with E-state index in [9.17, 15) is 19.5 Å². The fraction of sp³-hybridized carbons (Fsp3) is 0.607. The van der Waals surface area contributed by atoms with Gasteiger partial charge in [-0.25, -0.2) is 0 Å². The van der Waals surface area contributed by atoms with Crippen LogP contribution in [-0.2, 0) is 14.4 Å². The molecule has 0 aliphatic carbocycles. The van der Waals surface area contributed by atoms with Crippen molar-refractivity contribution >= 4 is 17.8 Å². The number of nitrogens with one attached hydrogen (secondary N) is 2. The van der Waals surface area contributed by atoms with Gasteiger partial charge in [-0.3, -0.25) is 14.4 Å². The summed E-state index contributed by atoms with van der Waals surface area (Å²) in [7, 11) is 7.89. The Balaban J connectivity index is 1.32. The topological polar surface area (TPSA) is 121 Å². The first-order chi connectivity index (χ1) is 20.0. The van der Waals surface area contributed by atoms with E-state index in [0.717, 1.165) is 0 Å². The number of hydrogen-bond acceptors (Lipinski definition) is 11. The van der Waals surface area contributed by atoms with Crippen LogP contribution in [0.3, 0.4) is 0 Å². The molecule has 4 rings (SSSR count). The van der Waals surface area contributed by atoms with E-state index in [-0.39, 0.29) is 36.7 Å². The highest BCUT2D eigenvalue weighted by Gasteiger charge is 2.29. The van der Waals surface area contributed by atoms with Crippen LogP contribution in [0.4, 0.5) is 0 Å². The van der Waals surface area contributed by atoms with Crippen LogP contribution in [0.1, 0.15) is 0 Å². The molecular weight excluding hydrogens is 540 g/mol. The summed E-state index contributed by atoms with van der Waals surface area (Å²) in [6.07, 6.45) is 15.7. The molecule has 0 aromatic heterocycles. The number of aliphatic carboxylic acids is 1. The molecule has 42 heavy (non-hydrogen) atoms. The standard InChI is InChI=1S/C28H46N10O4/c1-31-5-9-35(19-31)15-24(16-36-10-6-32(2)20-36)26(39)29-13-23(28(41)42)14-30-27(40)25(17-37-11-7-33(3)21-37)18-38-12-8-34(4)22-38/h5-12,23-25H,13-22H2,1-4H3,(H,29,39)(H,30,40)(H,41,42). The van der Waals surface area contributed by atoms with E-state index in [0.29, 0.717) is 52.9 Å². The van der Waals surface area contributed by atoms with Gasteiger partial charge in [0.2, 0.25) is 11.8 Å². The van der Waals surface area contributed by atoms with E-state index in [1.54, 1.807) is 0 Å². The second kappa shape index (κ2) is 14.1. The van der Waals surface area contributed by atoms with Gasteiger partial charge in [-0.2, -0.15) is 0 Å². The summed E-state index contributed by atoms with van der Waals surface area (Å²) in [4.78, 5) is 55.2. The van der Waals surface area contributed by atoms with Crippen LogP contribution in [0.5, 0.6) is 0 Å². The Morgan fingerprint density at radius 1 is 0.548 bits per heavy atom. The summed E-state index contributed by atoms with van der Waals surface area (Å²) in [5.74, 6) is -3.17. The zero-order valence-electron chi connectivity index (χ0n) is 25.2. The highest BCUT2D eigenvalue weighted by atomic mass is 16.4. The molecule has 0 saturated heterocycles. The number of carbonyl (C=O) groups is 3. The molecule has 14 nitrogen and oxygen atoms in total. The smallest absolute Gasteiger partial charge is 0.310 e. The summed E-state index contributed by atoms with van der Waals surface area (Å²) in [6, 6.07) is 0. The SMILES string of the molecule is CN1C=CN(CC(CN2C=CN(C)C2)C(=O)NCC(CNC(=O)C(CN2C=CN(C)C2)CN2C=CN(C)C2)C(=O)O)C1. The minimum atomic E-state index is -1.06. The molecule has 0 unspecified atom stereocenters. The molecule has 232 valence electrons. The summed E-state index contributed by atoms with van der Waals surface area (Å²) in [5.41, 5.74) is 0. The number of nitrogens with zero attached hydrogens (tertiary/aromatic N) is 8. The maximum absolute atomic E-state index is 13.3. The lowest BCUT2D eigenvalue weighted by Gasteiger charge is -2.29. The highest BCUT2D eigenvalue weighted by molar-refractivity contribution is 5.81. The number of carboxylic acids is 1. The predicted octanol–water partition coefficient (Wildman–Crippen LogP) is -1.14. The minimum absolute atomic E-state index is 0.0690. The van der Waals surface area contributed by atoms with Crippen molar-refractivity contribution < 1.29 is 19.5 Å². The fourth-order valence-electron chi connectivity index (χ4n) is 5.39. The van der Waals surface area contributed by atoms with Crippen LogP contribution in [-0.4, -0.2) is 156 Å². The van der Waals surface area contributed by atoms with Crippen LogP contribution in [0, 0.1) is 17.8 Å². The van der Waals surface area contributed by atoms with Gasteiger partial charge in [-0.1, -0.05) is 0 Å². The maximum atomic E-state index is 13.3. The highest BCUT2D eigenvalue weighted by Crippen LogP contribution is 2.15. The third kappa shape index (κ3) is 8.88. The van der Waals surface area contributed by atoms with Crippen molar-refractivity contribution in [2.24, 2.45) is 17.8 Å². The van der Waals surface area contributed by atoms with Crippen molar-refractivity contribution in [1.29, 1.82) is 0 Å². The van der Waals surface area contributed by atoms with Gasteiger partial charge in [0.25, 0.3) is 0 Å². The largest absolute Gasteiger partial charge is 0.481 e. The van der Waals surface area contributed by atoms with Gasteiger partial charge < -0.3 is 54.9 Å². The normalized spacial score (nSPS) is 18.0. The maximum Gasteiger partial charge on any atom is 0.310 e. The Hall–Kier alpha value is -4.23. The molecule has 4 aliphatic heterocycles. The Kier molecular flexibility index (Phi) is 10.3. The second-order valence-electron chi connectivity index (χ2n) is 11.8. The lowest BCUT2D eigenvalue weighted by atomic mass is 10.0. The van der Waals surface area contributed by atoms with Crippen molar-refractivity contribution in [3.63, 3.8) is 0 Å². The second-order valence-corrected chi connectivity index (χ2v) is 11.8. The molecule has 4 aliphatic rings. The number of carbonyl (C=O) groups excluding carboxylic acids is 2. The van der Waals surface area contributed by atoms with Gasteiger partial charge in [-0.15, -0.1) is 0 Å². The molecule has 0 aromatic rings. The molecule has 0 atom stereocenters. The Bertz CT molecular complexity index is 949. The average Bonchev–Trinajstić information content (AvgIpc) is 3.73. The van der Waals surface area contributed by atoms with Crippen LogP contribution in [0.2, 0.25) is 0 Å². The van der Waals surface area contributed by atoms with E-state index in [1.807, 2.05) is 97.4 Å². The van der Waals surface area contributed by atoms with Crippen molar-refractivity contribution in [2.45, 2.75) is 0 Å². The van der Waals surface area contributed by atoms with Crippen molar-refractivity contribution in [1.82, 2.24) is 49.8 Å². The molecule has 0 bridgehead atoms. The van der Waals surface area contributed by atoms with Gasteiger partial charge in [0.15, 0.2) is 0 Å². The van der Waals surface area contributed by atoms with Crippen LogP contribution >= 0.6 is 0 Å². The van der Waals surface area contributed by atoms with Crippen molar-refractivity contribution in [3.05, 3.63) is 49.6 Å². The number of hydrogen-bond donors (Lipinski definition) is 3. The van der Waals surface area contributed by atoms with E-state index in [4.69, 9.17) is 0 Å². The Labute approximate surface area is 248 Å². The zero-order valence-corrected chi connectivity index (χ0v) is 25.2. The molecule has 4 heterocycles. The first-order valence-corrected chi connectivity index (χ1v) is 14.3. The molecule has 14 heteroatoms. The zero-order chi connectivity index (χ0) is 30.2. The molecule has 0 radical (unpaired) electrons. The lowest BCUT2D eigenvalue weighted by molar-refractivity contribution is -0.141. The minimum Gasteiger partial charge on any atom is -0.481 e. The van der Waals surface area contributed by atoms with Crippen LogP contribution < -0.4 is 10.6 Å². The van der Waals surface area contributed by atoms with Crippen molar-refractivity contribution in [3.8, 4) is 0 Å². The Morgan fingerprint density at radius 3 is 1.05 bits per heavy atom. The molecule has 0 saturated carbocycles. The molecular formula is C28H46N10O4. The average molecular weight is 587 g/mol. The van der Waals surface area contributed by atoms with E-state index in [1.165, 1.54) is 0 Å². The predicted molar refractivity (Wildman–Crippen MR) is 158 cm³/mol. The van der Waals surface area contributed by atoms with Gasteiger partial charge in [0, 0.05) is 117 Å². The number of amides is 2. The molecule has 2 amide bonds. The monoisotopic (exact) mass is 586 g/mol. The van der Waals surface area contributed by atoms with E-state index >= 15 is 0 Å². The molecule has 0 spiro atoms. The Morgan fingerprint density at radius 2 is 0.833 bits per heavy atom. The summed E-state index contributed by atoms with van der Waals surface area (Å²) < 4.78 is 0. The summed E-state index contributed by atoms with van der Waals surface area (Å²) in [6.45, 7) is 4.67. The van der Waals surface area contributed by atoms with Crippen LogP contribution in [0.15, 0.2) is 49.6 Å². The molecule has 0 aromatic carbocycles. The lowest BCUT2D eigenvalue weighted by Crippen LogP contribution is -2.48. The van der Waals surface area contributed by atoms with Crippen molar-refractivity contribution in [2.75, 3.05) is 94.1 Å². The third-order valence-electron chi connectivity index (χ3n) is 7.70. The number of rotatable bonds is 15. The van der Waals surface area contributed by atoms with Gasteiger partial charge in [0.1, 0.15) is 0 Å². The molecule has 0 fully saturated rings. The van der Waals surface area contributed by atoms with Gasteiger partial charge in [0.05, 0.1) is 44.4 Å². The van der Waals surface area contributed by atoms with E-state index in [2.05, 4.69) is 30.2 Å². The first kappa shape index (κ1) is 30.7. The molecule has 3 N–H and O–H groups in total. The summed E-state index contributed by atoms with van der Waals surface area (Å²) >= 11 is 0. The fourth-order valence-corrected chi connectivity index (χ4v) is 5.39. The van der Waals surface area contributed by atoms with Crippen LogP contribution in [0.25, 0.3) is 0 Å². The first-order valence-electron chi connectivity index (χ1n) is 14.3. The number of carboxylic acid groups (broad SMARTS) is 1. The quantitative estimate of drug-likeness (QED) is 0.215.